The highest BCUT2D eigenvalue weighted by Gasteiger charge is 2.39. The molecule has 24 heavy (non-hydrogen) atoms. The first-order valence-corrected chi connectivity index (χ1v) is 11.6. The van der Waals surface area contributed by atoms with Gasteiger partial charge < -0.3 is 4.90 Å². The fourth-order valence-corrected chi connectivity index (χ4v) is 3.47. The minimum Gasteiger partial charge on any atom is -0.322 e. The van der Waals surface area contributed by atoms with E-state index >= 15 is 0 Å². The number of carbonyl (C=O) groups is 3. The summed E-state index contributed by atoms with van der Waals surface area (Å²) in [6, 6.07) is 4.95. The van der Waals surface area contributed by atoms with Gasteiger partial charge in [0.1, 0.15) is 14.1 Å². The van der Waals surface area contributed by atoms with Gasteiger partial charge >= 0.3 is 0 Å². The quantitative estimate of drug-likeness (QED) is 0.480. The summed E-state index contributed by atoms with van der Waals surface area (Å²) in [4.78, 5) is 37.7. The van der Waals surface area contributed by atoms with Gasteiger partial charge in [0, 0.05) is 24.1 Å². The summed E-state index contributed by atoms with van der Waals surface area (Å²) < 4.78 is 0. The molecule has 124 valence electrons. The number of rotatable bonds is 1. The van der Waals surface area contributed by atoms with E-state index in [0.717, 1.165) is 11.1 Å². The average Bonchev–Trinajstić information content (AvgIpc) is 2.82. The molecule has 2 aliphatic rings. The molecule has 1 aromatic carbocycles. The minimum atomic E-state index is -1.52. The van der Waals surface area contributed by atoms with Gasteiger partial charge in [-0.25, -0.2) is 0 Å². The van der Waals surface area contributed by atoms with E-state index in [4.69, 9.17) is 0 Å². The van der Waals surface area contributed by atoms with E-state index in [1.807, 2.05) is 12.1 Å². The molecule has 1 fully saturated rings. The summed E-state index contributed by atoms with van der Waals surface area (Å²) >= 11 is 0. The Hall–Kier alpha value is -2.39. The Morgan fingerprint density at radius 3 is 2.62 bits per heavy atom. The fourth-order valence-electron chi connectivity index (χ4n) is 2.96. The van der Waals surface area contributed by atoms with Crippen molar-refractivity contribution in [1.82, 2.24) is 10.2 Å². The van der Waals surface area contributed by atoms with Crippen molar-refractivity contribution in [2.45, 2.75) is 45.1 Å². The number of hydrogen-bond donors (Lipinski definition) is 1. The zero-order chi connectivity index (χ0) is 17.5. The van der Waals surface area contributed by atoms with Crippen LogP contribution < -0.4 is 5.32 Å². The first-order valence-electron chi connectivity index (χ1n) is 8.06. The molecule has 0 aliphatic carbocycles. The van der Waals surface area contributed by atoms with Gasteiger partial charge in [-0.05, 0) is 24.1 Å². The molecule has 2 heterocycles. The molecule has 1 saturated heterocycles. The second kappa shape index (κ2) is 5.91. The molecule has 2 aliphatic heterocycles. The summed E-state index contributed by atoms with van der Waals surface area (Å²) in [5, 5.41) is 2.32. The summed E-state index contributed by atoms with van der Waals surface area (Å²) in [5.74, 6) is 2.41. The third-order valence-corrected chi connectivity index (χ3v) is 5.03. The summed E-state index contributed by atoms with van der Waals surface area (Å²) in [5.41, 5.74) is 5.69. The lowest BCUT2D eigenvalue weighted by Crippen LogP contribution is -2.52. The van der Waals surface area contributed by atoms with E-state index in [9.17, 15) is 14.4 Å². The number of nitrogens with one attached hydrogen (secondary N) is 1. The number of amides is 3. The molecule has 0 spiro atoms. The number of hydrogen-bond acceptors (Lipinski definition) is 3. The first kappa shape index (κ1) is 16.5. The maximum atomic E-state index is 12.7. The molecule has 6 heteroatoms. The summed E-state index contributed by atoms with van der Waals surface area (Å²) in [6.45, 7) is 6.88. The standard InChI is InChI=1S/C18H20N2O3Si/c1-24(2,3)10-9-12-5-4-6-13-14(12)11-20(18(13)23)15-7-8-16(21)19-17(15)22/h4-6,15H,7-8,11H2,1-3H3,(H,19,21,22). The van der Waals surface area contributed by atoms with E-state index in [1.54, 1.807) is 11.0 Å². The Morgan fingerprint density at radius 2 is 1.96 bits per heavy atom. The van der Waals surface area contributed by atoms with Crippen molar-refractivity contribution in [3.05, 3.63) is 34.9 Å². The largest absolute Gasteiger partial charge is 0.322 e. The molecular formula is C18H20N2O3Si. The van der Waals surface area contributed by atoms with Gasteiger partial charge in [0.15, 0.2) is 0 Å². The van der Waals surface area contributed by atoms with Crippen molar-refractivity contribution >= 4 is 25.8 Å². The van der Waals surface area contributed by atoms with Crippen molar-refractivity contribution in [1.29, 1.82) is 0 Å². The predicted molar refractivity (Wildman–Crippen MR) is 92.7 cm³/mol. The number of carbonyl (C=O) groups excluding carboxylic acids is 3. The molecular weight excluding hydrogens is 320 g/mol. The van der Waals surface area contributed by atoms with Gasteiger partial charge in [-0.1, -0.05) is 31.6 Å². The number of fused-ring (bicyclic) bond motifs is 1. The van der Waals surface area contributed by atoms with Gasteiger partial charge in [0.05, 0.1) is 0 Å². The molecule has 0 saturated carbocycles. The summed E-state index contributed by atoms with van der Waals surface area (Å²) in [7, 11) is -1.52. The maximum absolute atomic E-state index is 12.7. The lowest BCUT2D eigenvalue weighted by molar-refractivity contribution is -0.136. The van der Waals surface area contributed by atoms with Crippen LogP contribution in [0.25, 0.3) is 0 Å². The smallest absolute Gasteiger partial charge is 0.255 e. The SMILES string of the molecule is C[Si](C)(C)C#Cc1cccc2c1CN(C1CCC(=O)NC1=O)C2=O. The Labute approximate surface area is 142 Å². The minimum absolute atomic E-state index is 0.156. The number of benzene rings is 1. The Kier molecular flexibility index (Phi) is 4.06. The van der Waals surface area contributed by atoms with Crippen molar-refractivity contribution in [2.24, 2.45) is 0 Å². The second-order valence-electron chi connectivity index (χ2n) is 7.23. The maximum Gasteiger partial charge on any atom is 0.255 e. The topological polar surface area (TPSA) is 66.5 Å². The van der Waals surface area contributed by atoms with Crippen LogP contribution in [0.1, 0.15) is 34.3 Å². The van der Waals surface area contributed by atoms with Crippen LogP contribution in [0.3, 0.4) is 0 Å². The highest BCUT2D eigenvalue weighted by Crippen LogP contribution is 2.29. The molecule has 1 unspecified atom stereocenters. The average molecular weight is 340 g/mol. The van der Waals surface area contributed by atoms with E-state index in [0.29, 0.717) is 18.5 Å². The molecule has 0 radical (unpaired) electrons. The lowest BCUT2D eigenvalue weighted by atomic mass is 10.0. The number of piperidine rings is 1. The van der Waals surface area contributed by atoms with Crippen LogP contribution in [0, 0.1) is 11.5 Å². The second-order valence-corrected chi connectivity index (χ2v) is 12.0. The zero-order valence-corrected chi connectivity index (χ0v) is 15.1. The zero-order valence-electron chi connectivity index (χ0n) is 14.1. The van der Waals surface area contributed by atoms with Crippen molar-refractivity contribution in [2.75, 3.05) is 0 Å². The molecule has 3 amide bonds. The number of imide groups is 1. The molecule has 0 bridgehead atoms. The predicted octanol–water partition coefficient (Wildman–Crippen LogP) is 1.68. The molecule has 1 atom stereocenters. The Bertz CT molecular complexity index is 799. The van der Waals surface area contributed by atoms with Crippen LogP contribution in [-0.2, 0) is 16.1 Å². The third-order valence-electron chi connectivity index (χ3n) is 4.15. The van der Waals surface area contributed by atoms with Crippen LogP contribution >= 0.6 is 0 Å². The van der Waals surface area contributed by atoms with Crippen molar-refractivity contribution in [3.63, 3.8) is 0 Å². The Balaban J connectivity index is 1.91. The molecule has 3 rings (SSSR count). The first-order chi connectivity index (χ1) is 11.3. The third kappa shape index (κ3) is 3.13. The van der Waals surface area contributed by atoms with Gasteiger partial charge in [-0.2, -0.15) is 0 Å². The molecule has 1 N–H and O–H groups in total. The molecule has 1 aromatic rings. The van der Waals surface area contributed by atoms with Crippen LogP contribution in [0.5, 0.6) is 0 Å². The molecule has 0 aromatic heterocycles. The van der Waals surface area contributed by atoms with E-state index in [1.165, 1.54) is 0 Å². The van der Waals surface area contributed by atoms with Crippen LogP contribution in [0.2, 0.25) is 19.6 Å². The van der Waals surface area contributed by atoms with Crippen molar-refractivity contribution in [3.8, 4) is 11.5 Å². The van der Waals surface area contributed by atoms with Gasteiger partial charge in [-0.15, -0.1) is 5.54 Å². The number of nitrogens with zero attached hydrogens (tertiary/aromatic N) is 1. The highest BCUT2D eigenvalue weighted by molar-refractivity contribution is 6.83. The molecule has 5 nitrogen and oxygen atoms in total. The van der Waals surface area contributed by atoms with Gasteiger partial charge in [-0.3, -0.25) is 19.7 Å². The van der Waals surface area contributed by atoms with Crippen molar-refractivity contribution < 1.29 is 14.4 Å². The van der Waals surface area contributed by atoms with Gasteiger partial charge in [0.25, 0.3) is 5.91 Å². The normalized spacial score (nSPS) is 20.4. The van der Waals surface area contributed by atoms with Crippen LogP contribution in [0.15, 0.2) is 18.2 Å². The van der Waals surface area contributed by atoms with E-state index < -0.39 is 14.1 Å². The Morgan fingerprint density at radius 1 is 1.21 bits per heavy atom. The van der Waals surface area contributed by atoms with Gasteiger partial charge in [0.2, 0.25) is 11.8 Å². The summed E-state index contributed by atoms with van der Waals surface area (Å²) in [6.07, 6.45) is 0.638. The van der Waals surface area contributed by atoms with Crippen LogP contribution in [0.4, 0.5) is 0 Å². The fraction of sp³-hybridized carbons (Fsp3) is 0.389. The van der Waals surface area contributed by atoms with E-state index in [2.05, 4.69) is 36.4 Å². The highest BCUT2D eigenvalue weighted by atomic mass is 28.3. The van der Waals surface area contributed by atoms with E-state index in [-0.39, 0.29) is 24.1 Å². The van der Waals surface area contributed by atoms with Crippen LogP contribution in [-0.4, -0.2) is 36.7 Å². The lowest BCUT2D eigenvalue weighted by Gasteiger charge is -2.29. The monoisotopic (exact) mass is 340 g/mol.